The summed E-state index contributed by atoms with van der Waals surface area (Å²) in [5.74, 6) is 1.20. The van der Waals surface area contributed by atoms with E-state index in [4.69, 9.17) is 9.57 Å². The van der Waals surface area contributed by atoms with Crippen LogP contribution in [0.15, 0.2) is 47.0 Å². The molecule has 1 aromatic heterocycles. The summed E-state index contributed by atoms with van der Waals surface area (Å²) in [6.07, 6.45) is 1.79. The zero-order chi connectivity index (χ0) is 24.3. The maximum atomic E-state index is 13.0. The van der Waals surface area contributed by atoms with Crippen molar-refractivity contribution in [3.05, 3.63) is 58.1 Å². The Morgan fingerprint density at radius 1 is 1.29 bits per heavy atom. The lowest BCUT2D eigenvalue weighted by atomic mass is 10.1. The van der Waals surface area contributed by atoms with Crippen molar-refractivity contribution in [2.24, 2.45) is 0 Å². The maximum absolute atomic E-state index is 13.0. The Labute approximate surface area is 205 Å². The van der Waals surface area contributed by atoms with Gasteiger partial charge < -0.3 is 14.9 Å². The maximum Gasteiger partial charge on any atom is 0.244 e. The summed E-state index contributed by atoms with van der Waals surface area (Å²) in [5, 5.41) is 5.95. The fraction of sp³-hybridized carbons (Fsp3) is 0.435. The van der Waals surface area contributed by atoms with Gasteiger partial charge in [0.1, 0.15) is 16.4 Å². The van der Waals surface area contributed by atoms with Crippen molar-refractivity contribution in [3.8, 4) is 5.75 Å². The predicted octanol–water partition coefficient (Wildman–Crippen LogP) is 3.23. The van der Waals surface area contributed by atoms with Crippen LogP contribution in [0, 0.1) is 0 Å². The standard InChI is InChI=1S/C23H31N5O4S2/c1-16(2)31-21-12-19(11-20(13-21)17(3)26-23-24-5-10-33-23)15-27-6-8-28(9-7-27)34(29,30)22-14-25-32-18(22)4/h5,10-13,16,25H,3,6-9,14-15H2,1-2,4H3,(H,24,26). The van der Waals surface area contributed by atoms with Crippen LogP contribution >= 0.6 is 11.3 Å². The lowest BCUT2D eigenvalue weighted by molar-refractivity contribution is 0.141. The Hall–Kier alpha value is -2.44. The van der Waals surface area contributed by atoms with Gasteiger partial charge in [-0.05, 0) is 44.5 Å². The molecule has 0 spiro atoms. The predicted molar refractivity (Wildman–Crippen MR) is 135 cm³/mol. The number of hydrogen-bond donors (Lipinski definition) is 2. The number of hydrogen-bond acceptors (Lipinski definition) is 9. The zero-order valence-electron chi connectivity index (χ0n) is 19.7. The highest BCUT2D eigenvalue weighted by Gasteiger charge is 2.34. The van der Waals surface area contributed by atoms with Gasteiger partial charge >= 0.3 is 0 Å². The molecule has 11 heteroatoms. The topological polar surface area (TPSA) is 96.0 Å². The number of hydroxylamine groups is 1. The van der Waals surface area contributed by atoms with Crippen molar-refractivity contribution < 1.29 is 18.0 Å². The van der Waals surface area contributed by atoms with Crippen LogP contribution in [-0.2, 0) is 21.4 Å². The van der Waals surface area contributed by atoms with Gasteiger partial charge in [-0.15, -0.1) is 11.3 Å². The summed E-state index contributed by atoms with van der Waals surface area (Å²) >= 11 is 1.51. The Balaban J connectivity index is 1.44. The first-order valence-electron chi connectivity index (χ1n) is 11.2. The summed E-state index contributed by atoms with van der Waals surface area (Å²) in [6.45, 7) is 12.9. The van der Waals surface area contributed by atoms with Crippen LogP contribution < -0.4 is 15.5 Å². The third-order valence-electron chi connectivity index (χ3n) is 5.62. The molecule has 0 bridgehead atoms. The zero-order valence-corrected chi connectivity index (χ0v) is 21.3. The average molecular weight is 506 g/mol. The quantitative estimate of drug-likeness (QED) is 0.536. The second-order valence-electron chi connectivity index (χ2n) is 8.56. The van der Waals surface area contributed by atoms with E-state index < -0.39 is 10.0 Å². The summed E-state index contributed by atoms with van der Waals surface area (Å²) in [6, 6.07) is 6.11. The van der Waals surface area contributed by atoms with Crippen LogP contribution in [0.3, 0.4) is 0 Å². The van der Waals surface area contributed by atoms with E-state index >= 15 is 0 Å². The molecule has 2 aromatic rings. The normalized spacial score (nSPS) is 17.8. The van der Waals surface area contributed by atoms with Gasteiger partial charge in [0.25, 0.3) is 0 Å². The number of piperazine rings is 1. The third kappa shape index (κ3) is 5.78. The number of benzene rings is 1. The van der Waals surface area contributed by atoms with E-state index in [1.165, 1.54) is 11.3 Å². The average Bonchev–Trinajstić information content (AvgIpc) is 3.45. The monoisotopic (exact) mass is 505 g/mol. The number of rotatable bonds is 9. The highest BCUT2D eigenvalue weighted by molar-refractivity contribution is 7.93. The minimum Gasteiger partial charge on any atom is -0.491 e. The highest BCUT2D eigenvalue weighted by Crippen LogP contribution is 2.27. The van der Waals surface area contributed by atoms with E-state index in [2.05, 4.69) is 33.3 Å². The Morgan fingerprint density at radius 3 is 2.68 bits per heavy atom. The molecule has 2 N–H and O–H groups in total. The van der Waals surface area contributed by atoms with E-state index in [9.17, 15) is 8.42 Å². The molecule has 1 fully saturated rings. The highest BCUT2D eigenvalue weighted by atomic mass is 32.2. The summed E-state index contributed by atoms with van der Waals surface area (Å²) in [7, 11) is -3.52. The molecule has 0 unspecified atom stereocenters. The summed E-state index contributed by atoms with van der Waals surface area (Å²) in [4.78, 5) is 12.0. The van der Waals surface area contributed by atoms with Crippen molar-refractivity contribution in [2.75, 3.05) is 38.0 Å². The molecular formula is C23H31N5O4S2. The number of sulfonamides is 1. The van der Waals surface area contributed by atoms with Gasteiger partial charge in [-0.25, -0.2) is 13.4 Å². The van der Waals surface area contributed by atoms with E-state index in [1.807, 2.05) is 31.4 Å². The van der Waals surface area contributed by atoms with Crippen molar-refractivity contribution >= 4 is 32.2 Å². The second kappa shape index (κ2) is 10.4. The van der Waals surface area contributed by atoms with E-state index in [-0.39, 0.29) is 12.6 Å². The van der Waals surface area contributed by atoms with Crippen molar-refractivity contribution in [1.82, 2.24) is 19.7 Å². The largest absolute Gasteiger partial charge is 0.491 e. The number of aromatic nitrogens is 1. The van der Waals surface area contributed by atoms with Crippen molar-refractivity contribution in [2.45, 2.75) is 33.4 Å². The summed E-state index contributed by atoms with van der Waals surface area (Å²) < 4.78 is 33.4. The molecular weight excluding hydrogens is 474 g/mol. The third-order valence-corrected chi connectivity index (χ3v) is 8.40. The molecule has 0 amide bonds. The van der Waals surface area contributed by atoms with Crippen LogP contribution in [0.2, 0.25) is 0 Å². The molecule has 2 aliphatic rings. The number of anilines is 1. The van der Waals surface area contributed by atoms with Crippen LogP contribution in [-0.4, -0.2) is 61.4 Å². The molecule has 0 radical (unpaired) electrons. The fourth-order valence-corrected chi connectivity index (χ4v) is 6.12. The molecule has 0 atom stereocenters. The lowest BCUT2D eigenvalue weighted by Gasteiger charge is -2.34. The first-order valence-corrected chi connectivity index (χ1v) is 13.5. The number of allylic oxidation sites excluding steroid dienone is 1. The smallest absolute Gasteiger partial charge is 0.244 e. The van der Waals surface area contributed by atoms with Gasteiger partial charge in [0.15, 0.2) is 5.13 Å². The van der Waals surface area contributed by atoms with E-state index in [0.29, 0.717) is 43.4 Å². The number of nitrogens with zero attached hydrogens (tertiary/aromatic N) is 3. The first-order chi connectivity index (χ1) is 16.2. The molecule has 0 saturated carbocycles. The van der Waals surface area contributed by atoms with Gasteiger partial charge in [0.05, 0.1) is 12.6 Å². The van der Waals surface area contributed by atoms with Crippen molar-refractivity contribution in [3.63, 3.8) is 0 Å². The van der Waals surface area contributed by atoms with Gasteiger partial charge in [-0.2, -0.15) is 9.79 Å². The molecule has 1 aromatic carbocycles. The molecule has 3 heterocycles. The molecule has 4 rings (SSSR count). The van der Waals surface area contributed by atoms with E-state index in [0.717, 1.165) is 27.7 Å². The van der Waals surface area contributed by atoms with Crippen LogP contribution in [0.4, 0.5) is 5.13 Å². The Bertz CT molecular complexity index is 1150. The van der Waals surface area contributed by atoms with Crippen LogP contribution in [0.1, 0.15) is 31.9 Å². The van der Waals surface area contributed by atoms with Gasteiger partial charge in [0, 0.05) is 55.6 Å². The van der Waals surface area contributed by atoms with Crippen LogP contribution in [0.5, 0.6) is 5.75 Å². The number of ether oxygens (including phenoxy) is 1. The van der Waals surface area contributed by atoms with Gasteiger partial charge in [0.2, 0.25) is 10.0 Å². The lowest BCUT2D eigenvalue weighted by Crippen LogP contribution is -2.48. The summed E-state index contributed by atoms with van der Waals surface area (Å²) in [5.41, 5.74) is 5.40. The number of thiazole rings is 1. The number of nitrogens with one attached hydrogen (secondary N) is 2. The minimum absolute atomic E-state index is 0.0452. The molecule has 1 saturated heterocycles. The van der Waals surface area contributed by atoms with E-state index in [1.54, 1.807) is 17.4 Å². The molecule has 2 aliphatic heterocycles. The Kier molecular flexibility index (Phi) is 7.58. The van der Waals surface area contributed by atoms with Crippen molar-refractivity contribution in [1.29, 1.82) is 0 Å². The molecule has 34 heavy (non-hydrogen) atoms. The first kappa shape index (κ1) is 24.7. The van der Waals surface area contributed by atoms with Crippen LogP contribution in [0.25, 0.3) is 5.70 Å². The van der Waals surface area contributed by atoms with Gasteiger partial charge in [-0.1, -0.05) is 6.58 Å². The fourth-order valence-electron chi connectivity index (χ4n) is 3.96. The molecule has 9 nitrogen and oxygen atoms in total. The molecule has 184 valence electrons. The second-order valence-corrected chi connectivity index (χ2v) is 11.4. The van der Waals surface area contributed by atoms with Gasteiger partial charge in [-0.3, -0.25) is 4.90 Å². The molecule has 0 aliphatic carbocycles. The SMILES string of the molecule is C=C(Nc1nccs1)c1cc(CN2CCN(S(=O)(=O)C3=C(C)ONC3)CC2)cc(OC(C)C)c1. The minimum atomic E-state index is -3.52. The Morgan fingerprint density at radius 2 is 2.06 bits per heavy atom.